The Morgan fingerprint density at radius 1 is 1.75 bits per heavy atom. The Labute approximate surface area is 73.2 Å². The van der Waals surface area contributed by atoms with Gasteiger partial charge in [-0.2, -0.15) is 0 Å². The number of hydrogen-bond donors (Lipinski definition) is 1. The van der Waals surface area contributed by atoms with Gasteiger partial charge in [-0.1, -0.05) is 6.08 Å². The molecule has 2 rings (SSSR count). The van der Waals surface area contributed by atoms with E-state index in [2.05, 4.69) is 13.0 Å². The molecule has 1 unspecified atom stereocenters. The Morgan fingerprint density at radius 3 is 3.08 bits per heavy atom. The first kappa shape index (κ1) is 8.27. The highest BCUT2D eigenvalue weighted by Gasteiger charge is 2.46. The lowest BCUT2D eigenvalue weighted by Gasteiger charge is -2.26. The van der Waals surface area contributed by atoms with Gasteiger partial charge in [0, 0.05) is 0 Å². The third-order valence-corrected chi connectivity index (χ3v) is 3.32. The highest BCUT2D eigenvalue weighted by atomic mass is 16.5. The molecule has 0 saturated carbocycles. The lowest BCUT2D eigenvalue weighted by molar-refractivity contribution is -0.0642. The molecule has 1 fully saturated rings. The molecule has 2 nitrogen and oxygen atoms in total. The van der Waals surface area contributed by atoms with Gasteiger partial charge in [0.2, 0.25) is 0 Å². The molecule has 0 radical (unpaired) electrons. The number of aliphatic hydroxyl groups is 1. The normalized spacial score (nSPS) is 46.1. The van der Waals surface area contributed by atoms with Gasteiger partial charge in [-0.3, -0.25) is 0 Å². The fourth-order valence-corrected chi connectivity index (χ4v) is 2.23. The van der Waals surface area contributed by atoms with Gasteiger partial charge in [-0.05, 0) is 38.2 Å². The first-order valence-corrected chi connectivity index (χ1v) is 4.61. The van der Waals surface area contributed by atoms with Crippen molar-refractivity contribution in [2.75, 3.05) is 6.61 Å². The molecule has 2 heteroatoms. The molecule has 0 aromatic heterocycles. The van der Waals surface area contributed by atoms with Crippen LogP contribution in [0.15, 0.2) is 11.6 Å². The molecule has 2 aliphatic rings. The third-order valence-electron chi connectivity index (χ3n) is 3.32. The van der Waals surface area contributed by atoms with Gasteiger partial charge in [0.05, 0.1) is 18.3 Å². The maximum absolute atomic E-state index is 9.21. The predicted molar refractivity (Wildman–Crippen MR) is 46.8 cm³/mol. The summed E-state index contributed by atoms with van der Waals surface area (Å²) < 4.78 is 5.82. The van der Waals surface area contributed by atoms with E-state index >= 15 is 0 Å². The second-order valence-corrected chi connectivity index (χ2v) is 4.19. The Balaban J connectivity index is 2.21. The number of hydrogen-bond acceptors (Lipinski definition) is 2. The van der Waals surface area contributed by atoms with Crippen LogP contribution in [0.4, 0.5) is 0 Å². The second-order valence-electron chi connectivity index (χ2n) is 4.19. The van der Waals surface area contributed by atoms with E-state index in [1.165, 1.54) is 5.57 Å². The molecular formula is C10H16O2. The summed E-state index contributed by atoms with van der Waals surface area (Å²) in [6, 6.07) is 0. The zero-order valence-corrected chi connectivity index (χ0v) is 7.71. The average molecular weight is 168 g/mol. The first-order valence-electron chi connectivity index (χ1n) is 4.61. The second kappa shape index (κ2) is 2.57. The molecule has 1 N–H and O–H groups in total. The van der Waals surface area contributed by atoms with E-state index in [0.29, 0.717) is 5.92 Å². The van der Waals surface area contributed by atoms with E-state index in [4.69, 9.17) is 4.74 Å². The summed E-state index contributed by atoms with van der Waals surface area (Å²) in [4.78, 5) is 0. The van der Waals surface area contributed by atoms with Crippen LogP contribution in [-0.4, -0.2) is 23.4 Å². The van der Waals surface area contributed by atoms with Crippen molar-refractivity contribution in [1.82, 2.24) is 0 Å². The number of rotatable bonds is 1. The van der Waals surface area contributed by atoms with Gasteiger partial charge in [0.15, 0.2) is 0 Å². The molecular weight excluding hydrogens is 152 g/mol. The van der Waals surface area contributed by atoms with Crippen molar-refractivity contribution in [3.05, 3.63) is 11.6 Å². The predicted octanol–water partition coefficient (Wildman–Crippen LogP) is 1.49. The monoisotopic (exact) mass is 168 g/mol. The maximum atomic E-state index is 9.21. The van der Waals surface area contributed by atoms with E-state index in [0.717, 1.165) is 12.8 Å². The number of ether oxygens (including phenoxy) is 1. The smallest absolute Gasteiger partial charge is 0.0924 e. The highest BCUT2D eigenvalue weighted by molar-refractivity contribution is 5.16. The molecule has 12 heavy (non-hydrogen) atoms. The highest BCUT2D eigenvalue weighted by Crippen LogP contribution is 2.43. The largest absolute Gasteiger partial charge is 0.393 e. The fourth-order valence-electron chi connectivity index (χ4n) is 2.23. The van der Waals surface area contributed by atoms with Gasteiger partial charge < -0.3 is 9.84 Å². The first-order chi connectivity index (χ1) is 5.65. The Hall–Kier alpha value is -0.340. The van der Waals surface area contributed by atoms with Gasteiger partial charge in [0.25, 0.3) is 0 Å². The van der Waals surface area contributed by atoms with Crippen molar-refractivity contribution >= 4 is 0 Å². The van der Waals surface area contributed by atoms with E-state index < -0.39 is 0 Å². The van der Waals surface area contributed by atoms with Crippen LogP contribution in [0.1, 0.15) is 26.7 Å². The summed E-state index contributed by atoms with van der Waals surface area (Å²) in [7, 11) is 0. The summed E-state index contributed by atoms with van der Waals surface area (Å²) in [6.45, 7) is 4.28. The van der Waals surface area contributed by atoms with E-state index in [9.17, 15) is 5.11 Å². The van der Waals surface area contributed by atoms with Crippen molar-refractivity contribution in [3.8, 4) is 0 Å². The molecule has 1 aliphatic heterocycles. The van der Waals surface area contributed by atoms with Crippen LogP contribution in [0.5, 0.6) is 0 Å². The van der Waals surface area contributed by atoms with Crippen LogP contribution < -0.4 is 0 Å². The Morgan fingerprint density at radius 2 is 2.50 bits per heavy atom. The summed E-state index contributed by atoms with van der Waals surface area (Å²) >= 11 is 0. The van der Waals surface area contributed by atoms with Crippen LogP contribution in [0, 0.1) is 5.92 Å². The molecule has 0 amide bonds. The zero-order valence-electron chi connectivity index (χ0n) is 7.71. The molecule has 1 aliphatic carbocycles. The van der Waals surface area contributed by atoms with E-state index in [1.54, 1.807) is 0 Å². The van der Waals surface area contributed by atoms with Crippen molar-refractivity contribution in [1.29, 1.82) is 0 Å². The minimum atomic E-state index is -0.279. The molecule has 2 bridgehead atoms. The lowest BCUT2D eigenvalue weighted by atomic mass is 9.82. The summed E-state index contributed by atoms with van der Waals surface area (Å²) in [5.74, 6) is 0.524. The Bertz CT molecular complexity index is 222. The average Bonchev–Trinajstić information content (AvgIpc) is 2.35. The van der Waals surface area contributed by atoms with Gasteiger partial charge in [-0.15, -0.1) is 0 Å². The minimum absolute atomic E-state index is 0.148. The molecule has 68 valence electrons. The standard InChI is InChI=1S/C10H16O2/c1-7-3-4-8-5-9(7)12-10(8,2)6-11/h3,8-9,11H,4-6H2,1-2H3/t8-,9-,10?/m1/s1. The van der Waals surface area contributed by atoms with E-state index in [-0.39, 0.29) is 18.3 Å². The van der Waals surface area contributed by atoms with Gasteiger partial charge in [-0.25, -0.2) is 0 Å². The molecule has 3 atom stereocenters. The zero-order chi connectivity index (χ0) is 8.77. The molecule has 0 aromatic carbocycles. The van der Waals surface area contributed by atoms with Gasteiger partial charge in [0.1, 0.15) is 0 Å². The van der Waals surface area contributed by atoms with Crippen LogP contribution in [-0.2, 0) is 4.74 Å². The van der Waals surface area contributed by atoms with Crippen molar-refractivity contribution < 1.29 is 9.84 Å². The lowest BCUT2D eigenvalue weighted by Crippen LogP contribution is -2.35. The van der Waals surface area contributed by atoms with Crippen molar-refractivity contribution in [3.63, 3.8) is 0 Å². The third kappa shape index (κ3) is 1.02. The number of allylic oxidation sites excluding steroid dienone is 1. The molecule has 1 saturated heterocycles. The maximum Gasteiger partial charge on any atom is 0.0924 e. The van der Waals surface area contributed by atoms with Gasteiger partial charge >= 0.3 is 0 Å². The van der Waals surface area contributed by atoms with Crippen molar-refractivity contribution in [2.24, 2.45) is 5.92 Å². The van der Waals surface area contributed by atoms with Crippen LogP contribution in [0.3, 0.4) is 0 Å². The molecule has 0 aromatic rings. The van der Waals surface area contributed by atoms with Crippen LogP contribution in [0.25, 0.3) is 0 Å². The fraction of sp³-hybridized carbons (Fsp3) is 0.800. The Kier molecular flexibility index (Phi) is 1.77. The quantitative estimate of drug-likeness (QED) is 0.601. The molecule has 1 heterocycles. The summed E-state index contributed by atoms with van der Waals surface area (Å²) in [6.07, 6.45) is 4.69. The van der Waals surface area contributed by atoms with Crippen LogP contribution >= 0.6 is 0 Å². The van der Waals surface area contributed by atoms with Crippen LogP contribution in [0.2, 0.25) is 0 Å². The summed E-state index contributed by atoms with van der Waals surface area (Å²) in [5, 5.41) is 9.21. The summed E-state index contributed by atoms with van der Waals surface area (Å²) in [5.41, 5.74) is 1.06. The molecule has 0 spiro atoms. The number of fused-ring (bicyclic) bond motifs is 2. The minimum Gasteiger partial charge on any atom is -0.393 e. The SMILES string of the molecule is CC1=CC[C@@H]2C[C@H]1OC2(C)CO. The topological polar surface area (TPSA) is 29.5 Å². The van der Waals surface area contributed by atoms with Crippen molar-refractivity contribution in [2.45, 2.75) is 38.4 Å². The number of aliphatic hydroxyl groups excluding tert-OH is 1. The van der Waals surface area contributed by atoms with E-state index in [1.807, 2.05) is 6.92 Å².